The second kappa shape index (κ2) is 7.58. The molecule has 1 aliphatic heterocycles. The van der Waals surface area contributed by atoms with Gasteiger partial charge in [-0.15, -0.1) is 12.4 Å². The SMILES string of the molecule is Cl.ICCCN1CCOCC1. The maximum absolute atomic E-state index is 5.24. The van der Waals surface area contributed by atoms with E-state index in [1.54, 1.807) is 0 Å². The van der Waals surface area contributed by atoms with E-state index in [0.717, 1.165) is 26.3 Å². The minimum absolute atomic E-state index is 0. The van der Waals surface area contributed by atoms with E-state index < -0.39 is 0 Å². The van der Waals surface area contributed by atoms with E-state index in [0.29, 0.717) is 0 Å². The number of morpholine rings is 1. The zero-order valence-corrected chi connectivity index (χ0v) is 9.57. The van der Waals surface area contributed by atoms with Gasteiger partial charge in [-0.05, 0) is 13.0 Å². The van der Waals surface area contributed by atoms with Gasteiger partial charge in [0.2, 0.25) is 0 Å². The van der Waals surface area contributed by atoms with Crippen molar-refractivity contribution in [1.29, 1.82) is 0 Å². The summed E-state index contributed by atoms with van der Waals surface area (Å²) in [5.74, 6) is 0. The normalized spacial score (nSPS) is 19.4. The summed E-state index contributed by atoms with van der Waals surface area (Å²) >= 11 is 2.43. The summed E-state index contributed by atoms with van der Waals surface area (Å²) in [4.78, 5) is 2.47. The summed E-state index contributed by atoms with van der Waals surface area (Å²) in [6.45, 7) is 5.39. The number of halogens is 2. The molecule has 0 spiro atoms. The van der Waals surface area contributed by atoms with Crippen molar-refractivity contribution < 1.29 is 4.74 Å². The Balaban J connectivity index is 0.000001000. The van der Waals surface area contributed by atoms with Crippen LogP contribution in [0.1, 0.15) is 6.42 Å². The number of hydrogen-bond donors (Lipinski definition) is 0. The van der Waals surface area contributed by atoms with E-state index >= 15 is 0 Å². The third-order valence-electron chi connectivity index (χ3n) is 1.71. The Hall–Kier alpha value is 0.940. The predicted octanol–water partition coefficient (Wildman–Crippen LogP) is 1.57. The lowest BCUT2D eigenvalue weighted by molar-refractivity contribution is 0.0382. The first-order valence-electron chi connectivity index (χ1n) is 3.79. The molecule has 2 nitrogen and oxygen atoms in total. The summed E-state index contributed by atoms with van der Waals surface area (Å²) < 4.78 is 6.51. The fourth-order valence-corrected chi connectivity index (χ4v) is 1.45. The average molecular weight is 292 g/mol. The minimum Gasteiger partial charge on any atom is -0.379 e. The Kier molecular flexibility index (Phi) is 8.23. The predicted molar refractivity (Wildman–Crippen MR) is 58.0 cm³/mol. The number of nitrogens with zero attached hydrogens (tertiary/aromatic N) is 1. The van der Waals surface area contributed by atoms with Gasteiger partial charge in [0.1, 0.15) is 0 Å². The van der Waals surface area contributed by atoms with Crippen molar-refractivity contribution in [1.82, 2.24) is 4.90 Å². The molecule has 68 valence electrons. The molecule has 1 fully saturated rings. The zero-order valence-electron chi connectivity index (χ0n) is 6.59. The summed E-state index contributed by atoms with van der Waals surface area (Å²) in [6.07, 6.45) is 1.32. The standard InChI is InChI=1S/C7H14INO.ClH/c8-2-1-3-9-4-6-10-7-5-9;/h1-7H2;1H. The van der Waals surface area contributed by atoms with Crippen molar-refractivity contribution in [2.45, 2.75) is 6.42 Å². The molecule has 11 heavy (non-hydrogen) atoms. The maximum atomic E-state index is 5.24. The van der Waals surface area contributed by atoms with E-state index in [1.165, 1.54) is 17.4 Å². The number of alkyl halides is 1. The van der Waals surface area contributed by atoms with Gasteiger partial charge < -0.3 is 4.74 Å². The molecule has 0 unspecified atom stereocenters. The highest BCUT2D eigenvalue weighted by Gasteiger charge is 2.08. The first-order chi connectivity index (χ1) is 4.93. The fraction of sp³-hybridized carbons (Fsp3) is 1.00. The molecule has 0 saturated carbocycles. The Bertz CT molecular complexity index is 88.5. The molecule has 1 saturated heterocycles. The van der Waals surface area contributed by atoms with Crippen LogP contribution in [-0.4, -0.2) is 42.2 Å². The Morgan fingerprint density at radius 2 is 1.91 bits per heavy atom. The van der Waals surface area contributed by atoms with Crippen LogP contribution in [0.2, 0.25) is 0 Å². The largest absolute Gasteiger partial charge is 0.379 e. The van der Waals surface area contributed by atoms with Gasteiger partial charge in [0.15, 0.2) is 0 Å². The van der Waals surface area contributed by atoms with Gasteiger partial charge in [0.25, 0.3) is 0 Å². The molecule has 0 aromatic rings. The topological polar surface area (TPSA) is 12.5 Å². The van der Waals surface area contributed by atoms with Crippen molar-refractivity contribution in [3.63, 3.8) is 0 Å². The Labute approximate surface area is 88.2 Å². The number of ether oxygens (including phenoxy) is 1. The van der Waals surface area contributed by atoms with Gasteiger partial charge in [0.05, 0.1) is 13.2 Å². The minimum atomic E-state index is 0. The van der Waals surface area contributed by atoms with Gasteiger partial charge in [-0.25, -0.2) is 0 Å². The molecule has 0 bridgehead atoms. The summed E-state index contributed by atoms with van der Waals surface area (Å²) in [5, 5.41) is 0. The lowest BCUT2D eigenvalue weighted by Gasteiger charge is -2.25. The van der Waals surface area contributed by atoms with E-state index in [1.807, 2.05) is 0 Å². The van der Waals surface area contributed by atoms with Crippen molar-refractivity contribution in [2.75, 3.05) is 37.3 Å². The highest BCUT2D eigenvalue weighted by Crippen LogP contribution is 1.98. The molecule has 0 atom stereocenters. The average Bonchev–Trinajstić information content (AvgIpc) is 2.03. The lowest BCUT2D eigenvalue weighted by atomic mass is 10.4. The summed E-state index contributed by atoms with van der Waals surface area (Å²) in [7, 11) is 0. The van der Waals surface area contributed by atoms with Crippen LogP contribution in [0.3, 0.4) is 0 Å². The van der Waals surface area contributed by atoms with Crippen LogP contribution < -0.4 is 0 Å². The van der Waals surface area contributed by atoms with Crippen LogP contribution in [0.4, 0.5) is 0 Å². The smallest absolute Gasteiger partial charge is 0.0594 e. The monoisotopic (exact) mass is 291 g/mol. The van der Waals surface area contributed by atoms with E-state index in [-0.39, 0.29) is 12.4 Å². The van der Waals surface area contributed by atoms with Crippen LogP contribution >= 0.6 is 35.0 Å². The van der Waals surface area contributed by atoms with Crippen LogP contribution in [0.25, 0.3) is 0 Å². The van der Waals surface area contributed by atoms with Gasteiger partial charge in [-0.3, -0.25) is 4.90 Å². The molecule has 0 radical (unpaired) electrons. The molecular weight excluding hydrogens is 276 g/mol. The van der Waals surface area contributed by atoms with E-state index in [2.05, 4.69) is 27.5 Å². The first-order valence-corrected chi connectivity index (χ1v) is 5.32. The van der Waals surface area contributed by atoms with Gasteiger partial charge in [-0.1, -0.05) is 22.6 Å². The fourth-order valence-electron chi connectivity index (χ4n) is 1.11. The molecule has 0 N–H and O–H groups in total. The molecule has 0 aliphatic carbocycles. The number of hydrogen-bond acceptors (Lipinski definition) is 2. The molecule has 1 heterocycles. The first kappa shape index (κ1) is 11.9. The van der Waals surface area contributed by atoms with Gasteiger partial charge in [0, 0.05) is 17.5 Å². The Morgan fingerprint density at radius 1 is 1.27 bits per heavy atom. The molecule has 0 aromatic carbocycles. The van der Waals surface area contributed by atoms with Crippen LogP contribution in [0.15, 0.2) is 0 Å². The maximum Gasteiger partial charge on any atom is 0.0594 e. The third-order valence-corrected chi connectivity index (χ3v) is 2.47. The summed E-state index contributed by atoms with van der Waals surface area (Å²) in [5.41, 5.74) is 0. The van der Waals surface area contributed by atoms with E-state index in [9.17, 15) is 0 Å². The van der Waals surface area contributed by atoms with Crippen LogP contribution in [-0.2, 0) is 4.74 Å². The zero-order chi connectivity index (χ0) is 7.23. The Morgan fingerprint density at radius 3 is 2.45 bits per heavy atom. The van der Waals surface area contributed by atoms with Crippen molar-refractivity contribution in [3.8, 4) is 0 Å². The summed E-state index contributed by atoms with van der Waals surface area (Å²) in [6, 6.07) is 0. The van der Waals surface area contributed by atoms with Crippen molar-refractivity contribution in [2.24, 2.45) is 0 Å². The number of rotatable bonds is 3. The molecule has 1 aliphatic rings. The van der Waals surface area contributed by atoms with Crippen molar-refractivity contribution in [3.05, 3.63) is 0 Å². The van der Waals surface area contributed by atoms with Gasteiger partial charge in [-0.2, -0.15) is 0 Å². The highest BCUT2D eigenvalue weighted by molar-refractivity contribution is 14.1. The molecule has 0 amide bonds. The highest BCUT2D eigenvalue weighted by atomic mass is 127. The van der Waals surface area contributed by atoms with E-state index in [4.69, 9.17) is 4.74 Å². The molecule has 1 rings (SSSR count). The van der Waals surface area contributed by atoms with Gasteiger partial charge >= 0.3 is 0 Å². The second-order valence-electron chi connectivity index (χ2n) is 2.50. The molecular formula is C7H15ClINO. The second-order valence-corrected chi connectivity index (χ2v) is 3.58. The van der Waals surface area contributed by atoms with Crippen LogP contribution in [0, 0.1) is 0 Å². The molecule has 0 aromatic heterocycles. The third kappa shape index (κ3) is 5.22. The molecule has 4 heteroatoms. The van der Waals surface area contributed by atoms with Crippen molar-refractivity contribution >= 4 is 35.0 Å². The van der Waals surface area contributed by atoms with Crippen LogP contribution in [0.5, 0.6) is 0 Å². The lowest BCUT2D eigenvalue weighted by Crippen LogP contribution is -2.36. The quantitative estimate of drug-likeness (QED) is 0.578.